The van der Waals surface area contributed by atoms with Crippen LogP contribution < -0.4 is 4.74 Å². The van der Waals surface area contributed by atoms with Gasteiger partial charge in [0.05, 0.1) is 9.80 Å². The molecule has 0 saturated heterocycles. The fraction of sp³-hybridized carbons (Fsp3) is 0.133. The number of hydrogen-bond acceptors (Lipinski definition) is 6. The van der Waals surface area contributed by atoms with Gasteiger partial charge in [-0.25, -0.2) is 4.98 Å². The van der Waals surface area contributed by atoms with Crippen molar-refractivity contribution in [2.45, 2.75) is 13.5 Å². The first-order chi connectivity index (χ1) is 10.6. The molecule has 1 aromatic carbocycles. The average Bonchev–Trinajstić information content (AvgIpc) is 3.15. The Morgan fingerprint density at radius 2 is 2.09 bits per heavy atom. The molecule has 3 aromatic rings. The van der Waals surface area contributed by atoms with Crippen LogP contribution in [0.1, 0.15) is 11.5 Å². The van der Waals surface area contributed by atoms with E-state index >= 15 is 0 Å². The molecule has 0 fully saturated rings. The lowest BCUT2D eigenvalue weighted by Crippen LogP contribution is -1.97. The van der Waals surface area contributed by atoms with Gasteiger partial charge in [0.1, 0.15) is 23.8 Å². The van der Waals surface area contributed by atoms with Crippen LogP contribution in [0.4, 0.5) is 5.69 Å². The standard InChI is InChI=1S/C15H12N2O4S/c1-10-13(16-15(21-10)14-3-2-8-22-14)9-20-12-6-4-11(5-7-12)17(18)19/h2-8H,9H2,1H3. The molecule has 0 amide bonds. The molecule has 0 unspecified atom stereocenters. The van der Waals surface area contributed by atoms with E-state index in [4.69, 9.17) is 9.15 Å². The average molecular weight is 316 g/mol. The van der Waals surface area contributed by atoms with E-state index in [1.54, 1.807) is 23.5 Å². The molecule has 0 spiro atoms. The van der Waals surface area contributed by atoms with Crippen LogP contribution in [-0.4, -0.2) is 9.91 Å². The van der Waals surface area contributed by atoms with Gasteiger partial charge in [0.15, 0.2) is 0 Å². The number of nitro groups is 1. The Kier molecular flexibility index (Phi) is 3.88. The molecule has 0 bridgehead atoms. The van der Waals surface area contributed by atoms with Gasteiger partial charge < -0.3 is 9.15 Å². The number of aromatic nitrogens is 1. The predicted molar refractivity (Wildman–Crippen MR) is 82.0 cm³/mol. The minimum Gasteiger partial charge on any atom is -0.487 e. The highest BCUT2D eigenvalue weighted by atomic mass is 32.1. The van der Waals surface area contributed by atoms with Gasteiger partial charge in [0.2, 0.25) is 5.89 Å². The van der Waals surface area contributed by atoms with Gasteiger partial charge in [0.25, 0.3) is 5.69 Å². The molecule has 0 atom stereocenters. The largest absolute Gasteiger partial charge is 0.487 e. The lowest BCUT2D eigenvalue weighted by atomic mass is 10.3. The highest BCUT2D eigenvalue weighted by Gasteiger charge is 2.13. The van der Waals surface area contributed by atoms with Gasteiger partial charge in [-0.3, -0.25) is 10.1 Å². The number of nitrogens with zero attached hydrogens (tertiary/aromatic N) is 2. The molecule has 0 N–H and O–H groups in total. The first-order valence-corrected chi connectivity index (χ1v) is 7.39. The molecule has 2 heterocycles. The predicted octanol–water partition coefficient (Wildman–Crippen LogP) is 4.20. The van der Waals surface area contributed by atoms with Crippen LogP contribution in [0.15, 0.2) is 46.2 Å². The van der Waals surface area contributed by atoms with E-state index in [1.807, 2.05) is 24.4 Å². The van der Waals surface area contributed by atoms with E-state index in [0.29, 0.717) is 23.1 Å². The van der Waals surface area contributed by atoms with Crippen LogP contribution in [0.5, 0.6) is 5.75 Å². The van der Waals surface area contributed by atoms with Gasteiger partial charge in [-0.15, -0.1) is 11.3 Å². The number of aryl methyl sites for hydroxylation is 1. The first kappa shape index (κ1) is 14.3. The smallest absolute Gasteiger partial charge is 0.269 e. The molecule has 112 valence electrons. The van der Waals surface area contributed by atoms with Crippen LogP contribution in [0.25, 0.3) is 10.8 Å². The molecule has 6 nitrogen and oxygen atoms in total. The Morgan fingerprint density at radius 1 is 1.32 bits per heavy atom. The molecule has 7 heteroatoms. The number of oxazole rings is 1. The van der Waals surface area contributed by atoms with Gasteiger partial charge in [-0.1, -0.05) is 6.07 Å². The third kappa shape index (κ3) is 2.99. The van der Waals surface area contributed by atoms with Crippen LogP contribution in [0.2, 0.25) is 0 Å². The SMILES string of the molecule is Cc1oc(-c2cccs2)nc1COc1ccc([N+](=O)[O-])cc1. The maximum atomic E-state index is 10.6. The quantitative estimate of drug-likeness (QED) is 0.520. The van der Waals surface area contributed by atoms with Crippen molar-refractivity contribution in [3.05, 3.63) is 63.3 Å². The molecule has 2 aromatic heterocycles. The summed E-state index contributed by atoms with van der Waals surface area (Å²) in [6.07, 6.45) is 0. The summed E-state index contributed by atoms with van der Waals surface area (Å²) in [5, 5.41) is 12.6. The topological polar surface area (TPSA) is 78.4 Å². The van der Waals surface area contributed by atoms with Crippen LogP contribution >= 0.6 is 11.3 Å². The minimum atomic E-state index is -0.446. The molecule has 22 heavy (non-hydrogen) atoms. The Morgan fingerprint density at radius 3 is 2.73 bits per heavy atom. The molecule has 0 aliphatic heterocycles. The summed E-state index contributed by atoms with van der Waals surface area (Å²) >= 11 is 1.56. The van der Waals surface area contributed by atoms with E-state index in [9.17, 15) is 10.1 Å². The third-order valence-corrected chi connectivity index (χ3v) is 3.91. The Labute approximate surface area is 130 Å². The van der Waals surface area contributed by atoms with E-state index in [1.165, 1.54) is 12.1 Å². The van der Waals surface area contributed by atoms with Crippen molar-refractivity contribution >= 4 is 17.0 Å². The maximum Gasteiger partial charge on any atom is 0.269 e. The van der Waals surface area contributed by atoms with Crippen LogP contribution in [-0.2, 0) is 6.61 Å². The number of benzene rings is 1. The molecular formula is C15H12N2O4S. The van der Waals surface area contributed by atoms with Crippen molar-refractivity contribution in [2.24, 2.45) is 0 Å². The number of thiophene rings is 1. The zero-order chi connectivity index (χ0) is 15.5. The number of nitro benzene ring substituents is 1. The number of ether oxygens (including phenoxy) is 1. The second kappa shape index (κ2) is 5.98. The van der Waals surface area contributed by atoms with Crippen LogP contribution in [0.3, 0.4) is 0 Å². The van der Waals surface area contributed by atoms with E-state index in [2.05, 4.69) is 4.98 Å². The zero-order valence-electron chi connectivity index (χ0n) is 11.7. The summed E-state index contributed by atoms with van der Waals surface area (Å²) in [5.74, 6) is 1.82. The first-order valence-electron chi connectivity index (χ1n) is 6.51. The minimum absolute atomic E-state index is 0.0324. The Hall–Kier alpha value is -2.67. The monoisotopic (exact) mass is 316 g/mol. The molecule has 3 rings (SSSR count). The third-order valence-electron chi connectivity index (χ3n) is 3.05. The van der Waals surface area contributed by atoms with Gasteiger partial charge >= 0.3 is 0 Å². The Bertz CT molecular complexity index is 778. The second-order valence-corrected chi connectivity index (χ2v) is 5.49. The van der Waals surface area contributed by atoms with Gasteiger partial charge in [0, 0.05) is 12.1 Å². The van der Waals surface area contributed by atoms with Crippen molar-refractivity contribution in [3.8, 4) is 16.5 Å². The molecule has 0 aliphatic carbocycles. The number of non-ortho nitro benzene ring substituents is 1. The number of hydrogen-bond donors (Lipinski definition) is 0. The lowest BCUT2D eigenvalue weighted by molar-refractivity contribution is -0.384. The molecule has 0 radical (unpaired) electrons. The molecule has 0 aliphatic rings. The molecular weight excluding hydrogens is 304 g/mol. The van der Waals surface area contributed by atoms with Crippen molar-refractivity contribution in [1.82, 2.24) is 4.98 Å². The maximum absolute atomic E-state index is 10.6. The lowest BCUT2D eigenvalue weighted by Gasteiger charge is -2.03. The van der Waals surface area contributed by atoms with Gasteiger partial charge in [-0.05, 0) is 30.5 Å². The highest BCUT2D eigenvalue weighted by molar-refractivity contribution is 7.13. The number of rotatable bonds is 5. The van der Waals surface area contributed by atoms with Crippen molar-refractivity contribution in [3.63, 3.8) is 0 Å². The summed E-state index contributed by atoms with van der Waals surface area (Å²) in [6, 6.07) is 9.81. The van der Waals surface area contributed by atoms with E-state index in [-0.39, 0.29) is 12.3 Å². The van der Waals surface area contributed by atoms with Crippen molar-refractivity contribution < 1.29 is 14.1 Å². The van der Waals surface area contributed by atoms with E-state index in [0.717, 1.165) is 4.88 Å². The van der Waals surface area contributed by atoms with E-state index < -0.39 is 4.92 Å². The van der Waals surface area contributed by atoms with Crippen molar-refractivity contribution in [1.29, 1.82) is 0 Å². The fourth-order valence-corrected chi connectivity index (χ4v) is 2.53. The van der Waals surface area contributed by atoms with Crippen molar-refractivity contribution in [2.75, 3.05) is 0 Å². The highest BCUT2D eigenvalue weighted by Crippen LogP contribution is 2.26. The zero-order valence-corrected chi connectivity index (χ0v) is 12.5. The normalized spacial score (nSPS) is 10.6. The summed E-state index contributed by atoms with van der Waals surface area (Å²) in [4.78, 5) is 15.5. The summed E-state index contributed by atoms with van der Waals surface area (Å²) in [6.45, 7) is 2.08. The fourth-order valence-electron chi connectivity index (χ4n) is 1.88. The summed E-state index contributed by atoms with van der Waals surface area (Å²) in [5.41, 5.74) is 0.742. The molecule has 0 saturated carbocycles. The summed E-state index contributed by atoms with van der Waals surface area (Å²) < 4.78 is 11.2. The summed E-state index contributed by atoms with van der Waals surface area (Å²) in [7, 11) is 0. The van der Waals surface area contributed by atoms with Gasteiger partial charge in [-0.2, -0.15) is 0 Å². The Balaban J connectivity index is 1.70. The second-order valence-electron chi connectivity index (χ2n) is 4.54. The van der Waals surface area contributed by atoms with Crippen LogP contribution in [0, 0.1) is 17.0 Å².